The Morgan fingerprint density at radius 2 is 2.17 bits per heavy atom. The van der Waals surface area contributed by atoms with Gasteiger partial charge in [-0.2, -0.15) is 0 Å². The zero-order chi connectivity index (χ0) is 9.30. The molecule has 68 valence electrons. The van der Waals surface area contributed by atoms with Crippen LogP contribution in [0.15, 0.2) is 10.5 Å². The number of aryl methyl sites for hydroxylation is 1. The van der Waals surface area contributed by atoms with E-state index in [1.807, 2.05) is 0 Å². The van der Waals surface area contributed by atoms with Crippen LogP contribution in [0.2, 0.25) is 0 Å². The summed E-state index contributed by atoms with van der Waals surface area (Å²) >= 11 is 4.36. The zero-order valence-corrected chi connectivity index (χ0v) is 8.62. The number of thiophene rings is 1. The van der Waals surface area contributed by atoms with Crippen LogP contribution in [0.3, 0.4) is 0 Å². The van der Waals surface area contributed by atoms with Gasteiger partial charge in [-0.05, 0) is 28.9 Å². The molecular formula is C7H7BrF2OS. The number of alkyl halides is 2. The molecule has 0 amide bonds. The molecule has 1 heterocycles. The monoisotopic (exact) mass is 256 g/mol. The summed E-state index contributed by atoms with van der Waals surface area (Å²) in [6.45, 7) is 1.80. The van der Waals surface area contributed by atoms with Crippen molar-refractivity contribution in [3.8, 4) is 0 Å². The van der Waals surface area contributed by atoms with Gasteiger partial charge in [0.25, 0.3) is 6.43 Å². The molecule has 0 bridgehead atoms. The van der Waals surface area contributed by atoms with Crippen LogP contribution in [-0.4, -0.2) is 11.5 Å². The molecule has 0 aliphatic carbocycles. The predicted molar refractivity (Wildman–Crippen MR) is 47.7 cm³/mol. The first-order chi connectivity index (χ1) is 5.52. The SMILES string of the molecule is Cc1sc(C(O)C(F)F)cc1Br. The van der Waals surface area contributed by atoms with E-state index < -0.39 is 12.5 Å². The third-order valence-electron chi connectivity index (χ3n) is 1.41. The molecule has 0 aromatic carbocycles. The Labute approximate surface area is 81.2 Å². The Morgan fingerprint density at radius 1 is 1.58 bits per heavy atom. The molecule has 1 unspecified atom stereocenters. The van der Waals surface area contributed by atoms with E-state index in [2.05, 4.69) is 15.9 Å². The lowest BCUT2D eigenvalue weighted by molar-refractivity contribution is -0.00371. The van der Waals surface area contributed by atoms with Gasteiger partial charge in [-0.3, -0.25) is 0 Å². The van der Waals surface area contributed by atoms with Crippen molar-refractivity contribution in [3.63, 3.8) is 0 Å². The lowest BCUT2D eigenvalue weighted by Crippen LogP contribution is -2.05. The van der Waals surface area contributed by atoms with Crippen molar-refractivity contribution >= 4 is 27.3 Å². The lowest BCUT2D eigenvalue weighted by Gasteiger charge is -2.04. The maximum absolute atomic E-state index is 12.0. The van der Waals surface area contributed by atoms with E-state index in [9.17, 15) is 8.78 Å². The maximum atomic E-state index is 12.0. The topological polar surface area (TPSA) is 20.2 Å². The van der Waals surface area contributed by atoms with Crippen LogP contribution < -0.4 is 0 Å². The van der Waals surface area contributed by atoms with Crippen LogP contribution in [0.25, 0.3) is 0 Å². The van der Waals surface area contributed by atoms with Crippen molar-refractivity contribution in [1.82, 2.24) is 0 Å². The Morgan fingerprint density at radius 3 is 2.50 bits per heavy atom. The Bertz CT molecular complexity index is 255. The van der Waals surface area contributed by atoms with Crippen molar-refractivity contribution < 1.29 is 13.9 Å². The summed E-state index contributed by atoms with van der Waals surface area (Å²) in [5.41, 5.74) is 0. The highest BCUT2D eigenvalue weighted by Crippen LogP contribution is 2.32. The standard InChI is InChI=1S/C7H7BrF2OS/c1-3-4(8)2-5(12-3)6(11)7(9)10/h2,6-7,11H,1H3. The molecule has 1 atom stereocenters. The molecule has 1 aromatic rings. The third kappa shape index (κ3) is 2.02. The molecular weight excluding hydrogens is 250 g/mol. The smallest absolute Gasteiger partial charge is 0.268 e. The molecule has 0 aliphatic heterocycles. The quantitative estimate of drug-likeness (QED) is 0.863. The third-order valence-corrected chi connectivity index (χ3v) is 3.61. The summed E-state index contributed by atoms with van der Waals surface area (Å²) in [4.78, 5) is 1.19. The maximum Gasteiger partial charge on any atom is 0.268 e. The Kier molecular flexibility index (Phi) is 3.20. The molecule has 0 saturated carbocycles. The molecule has 0 aliphatic rings. The Hall–Kier alpha value is -0.0000000000000000555. The molecule has 12 heavy (non-hydrogen) atoms. The molecule has 1 nitrogen and oxygen atoms in total. The van der Waals surface area contributed by atoms with E-state index in [1.165, 1.54) is 17.4 Å². The normalized spacial score (nSPS) is 13.8. The molecule has 0 radical (unpaired) electrons. The first-order valence-electron chi connectivity index (χ1n) is 3.24. The summed E-state index contributed by atoms with van der Waals surface area (Å²) in [7, 11) is 0. The number of halogens is 3. The molecule has 1 rings (SSSR count). The molecule has 5 heteroatoms. The van der Waals surface area contributed by atoms with Gasteiger partial charge in [0.2, 0.25) is 0 Å². The van der Waals surface area contributed by atoms with Gasteiger partial charge >= 0.3 is 0 Å². The van der Waals surface area contributed by atoms with E-state index in [1.54, 1.807) is 6.92 Å². The fraction of sp³-hybridized carbons (Fsp3) is 0.429. The van der Waals surface area contributed by atoms with Gasteiger partial charge in [0.05, 0.1) is 0 Å². The van der Waals surface area contributed by atoms with E-state index >= 15 is 0 Å². The van der Waals surface area contributed by atoms with Crippen LogP contribution in [0.1, 0.15) is 15.9 Å². The fourth-order valence-electron chi connectivity index (χ4n) is 0.751. The van der Waals surface area contributed by atoms with E-state index in [-0.39, 0.29) is 0 Å². The molecule has 1 aromatic heterocycles. The van der Waals surface area contributed by atoms with Crippen LogP contribution in [0, 0.1) is 6.92 Å². The summed E-state index contributed by atoms with van der Waals surface area (Å²) in [5.74, 6) is 0. The first-order valence-corrected chi connectivity index (χ1v) is 4.85. The summed E-state index contributed by atoms with van der Waals surface area (Å²) in [6.07, 6.45) is -4.37. The predicted octanol–water partition coefficient (Wildman–Crippen LogP) is 3.12. The largest absolute Gasteiger partial charge is 0.382 e. The van der Waals surface area contributed by atoms with E-state index in [0.29, 0.717) is 4.88 Å². The highest BCUT2D eigenvalue weighted by molar-refractivity contribution is 9.10. The second-order valence-electron chi connectivity index (χ2n) is 2.33. The number of aliphatic hydroxyl groups is 1. The fourth-order valence-corrected chi connectivity index (χ4v) is 2.30. The number of hydrogen-bond acceptors (Lipinski definition) is 2. The van der Waals surface area contributed by atoms with Gasteiger partial charge in [0.1, 0.15) is 6.10 Å². The summed E-state index contributed by atoms with van der Waals surface area (Å²) in [6, 6.07) is 1.52. The molecule has 0 spiro atoms. The van der Waals surface area contributed by atoms with Crippen molar-refractivity contribution in [1.29, 1.82) is 0 Å². The molecule has 0 saturated heterocycles. The van der Waals surface area contributed by atoms with Crippen LogP contribution in [-0.2, 0) is 0 Å². The van der Waals surface area contributed by atoms with Gasteiger partial charge < -0.3 is 5.11 Å². The van der Waals surface area contributed by atoms with Crippen LogP contribution in [0.5, 0.6) is 0 Å². The summed E-state index contributed by atoms with van der Waals surface area (Å²) < 4.78 is 24.8. The Balaban J connectivity index is 2.89. The lowest BCUT2D eigenvalue weighted by atomic mass is 10.3. The van der Waals surface area contributed by atoms with Crippen molar-refractivity contribution in [2.75, 3.05) is 0 Å². The van der Waals surface area contributed by atoms with E-state index in [0.717, 1.165) is 9.35 Å². The average molecular weight is 257 g/mol. The molecule has 1 N–H and O–H groups in total. The van der Waals surface area contributed by atoms with Gasteiger partial charge in [-0.1, -0.05) is 0 Å². The number of hydrogen-bond donors (Lipinski definition) is 1. The number of aliphatic hydroxyl groups excluding tert-OH is 1. The first kappa shape index (κ1) is 10.1. The minimum absolute atomic E-state index is 0.300. The minimum Gasteiger partial charge on any atom is -0.382 e. The van der Waals surface area contributed by atoms with Crippen molar-refractivity contribution in [2.45, 2.75) is 19.5 Å². The second-order valence-corrected chi connectivity index (χ2v) is 4.47. The highest BCUT2D eigenvalue weighted by Gasteiger charge is 2.21. The van der Waals surface area contributed by atoms with Crippen LogP contribution >= 0.6 is 27.3 Å². The molecule has 0 fully saturated rings. The van der Waals surface area contributed by atoms with Gasteiger partial charge in [0.15, 0.2) is 0 Å². The van der Waals surface area contributed by atoms with Gasteiger partial charge in [-0.25, -0.2) is 8.78 Å². The highest BCUT2D eigenvalue weighted by atomic mass is 79.9. The zero-order valence-electron chi connectivity index (χ0n) is 6.22. The van der Waals surface area contributed by atoms with Crippen molar-refractivity contribution in [3.05, 3.63) is 20.3 Å². The van der Waals surface area contributed by atoms with E-state index in [4.69, 9.17) is 5.11 Å². The second kappa shape index (κ2) is 3.81. The van der Waals surface area contributed by atoms with Crippen LogP contribution in [0.4, 0.5) is 8.78 Å². The summed E-state index contributed by atoms with van der Waals surface area (Å²) in [5, 5.41) is 8.98. The van der Waals surface area contributed by atoms with Gasteiger partial charge in [-0.15, -0.1) is 11.3 Å². The minimum atomic E-state index is -2.71. The van der Waals surface area contributed by atoms with Crippen molar-refractivity contribution in [2.24, 2.45) is 0 Å². The van der Waals surface area contributed by atoms with Gasteiger partial charge in [0, 0.05) is 14.2 Å². The average Bonchev–Trinajstić information content (AvgIpc) is 2.30. The number of rotatable bonds is 2.